The van der Waals surface area contributed by atoms with Crippen LogP contribution < -0.4 is 0 Å². The van der Waals surface area contributed by atoms with E-state index in [9.17, 15) is 18.0 Å². The summed E-state index contributed by atoms with van der Waals surface area (Å²) in [6, 6.07) is 4.13. The number of sulfonamides is 1. The zero-order valence-corrected chi connectivity index (χ0v) is 13.4. The molecule has 1 fully saturated rings. The molecule has 1 aromatic rings. The molecule has 6 nitrogen and oxygen atoms in total. The molecule has 2 amide bonds. The number of carbonyl (C=O) groups excluding carboxylic acids is 2. The highest BCUT2D eigenvalue weighted by Crippen LogP contribution is 2.29. The van der Waals surface area contributed by atoms with Crippen molar-refractivity contribution in [1.82, 2.24) is 9.21 Å². The number of rotatable bonds is 2. The minimum atomic E-state index is -3.64. The summed E-state index contributed by atoms with van der Waals surface area (Å²) >= 11 is 0. The maximum atomic E-state index is 12.8. The molecule has 1 saturated heterocycles. The van der Waals surface area contributed by atoms with Gasteiger partial charge in [0.05, 0.1) is 16.0 Å². The molecule has 2 aliphatic heterocycles. The summed E-state index contributed by atoms with van der Waals surface area (Å²) in [5, 5.41) is 0. The standard InChI is InChI=1S/C15H18N2O4S/c1-10-5-3-4-8-17(10)22(20,21)11-6-7-12-13(9-11)15(19)16(2)14(12)18/h6-7,9-10H,3-5,8H2,1-2H3. The van der Waals surface area contributed by atoms with Crippen LogP contribution in [0.5, 0.6) is 0 Å². The van der Waals surface area contributed by atoms with E-state index in [0.717, 1.165) is 24.2 Å². The van der Waals surface area contributed by atoms with Crippen LogP contribution in [0.2, 0.25) is 0 Å². The third-order valence-electron chi connectivity index (χ3n) is 4.41. The van der Waals surface area contributed by atoms with Crippen molar-refractivity contribution >= 4 is 21.8 Å². The number of fused-ring (bicyclic) bond motifs is 1. The molecule has 3 rings (SSSR count). The first kappa shape index (κ1) is 15.2. The fourth-order valence-electron chi connectivity index (χ4n) is 3.07. The molecule has 118 valence electrons. The van der Waals surface area contributed by atoms with Crippen LogP contribution in [-0.4, -0.2) is 49.1 Å². The van der Waals surface area contributed by atoms with E-state index in [-0.39, 0.29) is 22.1 Å². The minimum absolute atomic E-state index is 0.0491. The number of imide groups is 1. The van der Waals surface area contributed by atoms with Gasteiger partial charge in [0, 0.05) is 19.6 Å². The SMILES string of the molecule is CC1CCCCN1S(=O)(=O)c1ccc2c(c1)C(=O)N(C)C2=O. The van der Waals surface area contributed by atoms with E-state index in [1.807, 2.05) is 6.92 Å². The first-order valence-electron chi connectivity index (χ1n) is 7.32. The second kappa shape index (κ2) is 5.17. The van der Waals surface area contributed by atoms with Crippen molar-refractivity contribution in [3.63, 3.8) is 0 Å². The van der Waals surface area contributed by atoms with Crippen LogP contribution >= 0.6 is 0 Å². The van der Waals surface area contributed by atoms with E-state index >= 15 is 0 Å². The van der Waals surface area contributed by atoms with Crippen molar-refractivity contribution in [2.24, 2.45) is 0 Å². The first-order chi connectivity index (χ1) is 10.3. The van der Waals surface area contributed by atoms with Crippen molar-refractivity contribution in [3.05, 3.63) is 29.3 Å². The van der Waals surface area contributed by atoms with Gasteiger partial charge in [-0.2, -0.15) is 4.31 Å². The Morgan fingerprint density at radius 1 is 1.09 bits per heavy atom. The molecule has 22 heavy (non-hydrogen) atoms. The molecular weight excluding hydrogens is 304 g/mol. The van der Waals surface area contributed by atoms with Crippen molar-refractivity contribution in [2.45, 2.75) is 37.1 Å². The molecule has 1 unspecified atom stereocenters. The summed E-state index contributed by atoms with van der Waals surface area (Å²) in [5.74, 6) is -0.848. The van der Waals surface area contributed by atoms with Gasteiger partial charge < -0.3 is 0 Å². The Bertz CT molecular complexity index is 757. The summed E-state index contributed by atoms with van der Waals surface area (Å²) < 4.78 is 27.1. The van der Waals surface area contributed by atoms with E-state index in [0.29, 0.717) is 6.54 Å². The number of carbonyl (C=O) groups is 2. The third-order valence-corrected chi connectivity index (χ3v) is 6.42. The van der Waals surface area contributed by atoms with Crippen molar-refractivity contribution in [1.29, 1.82) is 0 Å². The van der Waals surface area contributed by atoms with Crippen LogP contribution in [0.3, 0.4) is 0 Å². The fourth-order valence-corrected chi connectivity index (χ4v) is 4.79. The molecule has 0 aromatic heterocycles. The molecule has 1 aromatic carbocycles. The summed E-state index contributed by atoms with van der Waals surface area (Å²) in [6.07, 6.45) is 2.70. The van der Waals surface area contributed by atoms with Gasteiger partial charge in [0.1, 0.15) is 0 Å². The average Bonchev–Trinajstić information content (AvgIpc) is 2.72. The van der Waals surface area contributed by atoms with Crippen molar-refractivity contribution in [2.75, 3.05) is 13.6 Å². The van der Waals surface area contributed by atoms with Crippen LogP contribution in [0, 0.1) is 0 Å². The van der Waals surface area contributed by atoms with Crippen LogP contribution in [0.4, 0.5) is 0 Å². The monoisotopic (exact) mass is 322 g/mol. The molecule has 0 aliphatic carbocycles. The third kappa shape index (κ3) is 2.16. The van der Waals surface area contributed by atoms with Crippen molar-refractivity contribution < 1.29 is 18.0 Å². The van der Waals surface area contributed by atoms with Crippen LogP contribution in [0.1, 0.15) is 46.9 Å². The molecule has 0 radical (unpaired) electrons. The molecular formula is C15H18N2O4S. The smallest absolute Gasteiger partial charge is 0.261 e. The number of hydrogen-bond donors (Lipinski definition) is 0. The highest BCUT2D eigenvalue weighted by Gasteiger charge is 2.36. The van der Waals surface area contributed by atoms with Crippen LogP contribution in [-0.2, 0) is 10.0 Å². The van der Waals surface area contributed by atoms with Gasteiger partial charge in [0.25, 0.3) is 11.8 Å². The molecule has 2 aliphatic rings. The highest BCUT2D eigenvalue weighted by atomic mass is 32.2. The van der Waals surface area contributed by atoms with E-state index in [1.54, 1.807) is 0 Å². The van der Waals surface area contributed by atoms with Gasteiger partial charge in [-0.05, 0) is 38.0 Å². The number of nitrogens with zero attached hydrogens (tertiary/aromatic N) is 2. The summed E-state index contributed by atoms with van der Waals surface area (Å²) in [7, 11) is -2.25. The van der Waals surface area contributed by atoms with Gasteiger partial charge in [0.15, 0.2) is 0 Å². The van der Waals surface area contributed by atoms with E-state index in [1.165, 1.54) is 29.6 Å². The van der Waals surface area contributed by atoms with Gasteiger partial charge in [-0.1, -0.05) is 6.42 Å². The van der Waals surface area contributed by atoms with Crippen LogP contribution in [0.15, 0.2) is 23.1 Å². The number of amides is 2. The molecule has 0 spiro atoms. The van der Waals surface area contributed by atoms with Gasteiger partial charge in [-0.25, -0.2) is 8.42 Å². The van der Waals surface area contributed by atoms with E-state index < -0.39 is 21.8 Å². The van der Waals surface area contributed by atoms with Gasteiger partial charge in [-0.15, -0.1) is 0 Å². The predicted molar refractivity (Wildman–Crippen MR) is 80.1 cm³/mol. The second-order valence-corrected chi connectivity index (χ2v) is 7.73. The van der Waals surface area contributed by atoms with Gasteiger partial charge in [0.2, 0.25) is 10.0 Å². The number of benzene rings is 1. The topological polar surface area (TPSA) is 74.8 Å². The molecule has 2 heterocycles. The largest absolute Gasteiger partial charge is 0.277 e. The maximum absolute atomic E-state index is 12.8. The van der Waals surface area contributed by atoms with Crippen molar-refractivity contribution in [3.8, 4) is 0 Å². The zero-order chi connectivity index (χ0) is 16.1. The Morgan fingerprint density at radius 3 is 2.45 bits per heavy atom. The number of piperidine rings is 1. The Hall–Kier alpha value is -1.73. The second-order valence-electron chi connectivity index (χ2n) is 5.84. The lowest BCUT2D eigenvalue weighted by Gasteiger charge is -2.32. The lowest BCUT2D eigenvalue weighted by molar-refractivity contribution is 0.0693. The highest BCUT2D eigenvalue weighted by molar-refractivity contribution is 7.89. The average molecular weight is 322 g/mol. The molecule has 7 heteroatoms. The lowest BCUT2D eigenvalue weighted by atomic mass is 10.1. The Morgan fingerprint density at radius 2 is 1.77 bits per heavy atom. The first-order valence-corrected chi connectivity index (χ1v) is 8.76. The summed E-state index contributed by atoms with van der Waals surface area (Å²) in [5.41, 5.74) is 0.427. The van der Waals surface area contributed by atoms with E-state index in [4.69, 9.17) is 0 Å². The zero-order valence-electron chi connectivity index (χ0n) is 12.6. The molecule has 0 bridgehead atoms. The van der Waals surface area contributed by atoms with Gasteiger partial charge in [-0.3, -0.25) is 14.5 Å². The maximum Gasteiger partial charge on any atom is 0.261 e. The Balaban J connectivity index is 2.03. The number of hydrogen-bond acceptors (Lipinski definition) is 4. The van der Waals surface area contributed by atoms with Crippen LogP contribution in [0.25, 0.3) is 0 Å². The molecule has 0 N–H and O–H groups in total. The van der Waals surface area contributed by atoms with Gasteiger partial charge >= 0.3 is 0 Å². The fraction of sp³-hybridized carbons (Fsp3) is 0.467. The minimum Gasteiger partial charge on any atom is -0.277 e. The summed E-state index contributed by atoms with van der Waals surface area (Å²) in [6.45, 7) is 2.39. The Kier molecular flexibility index (Phi) is 3.57. The van der Waals surface area contributed by atoms with E-state index in [2.05, 4.69) is 0 Å². The molecule has 1 atom stereocenters. The lowest BCUT2D eigenvalue weighted by Crippen LogP contribution is -2.41. The molecule has 0 saturated carbocycles. The predicted octanol–water partition coefficient (Wildman–Crippen LogP) is 1.48. The summed E-state index contributed by atoms with van der Waals surface area (Å²) in [4.78, 5) is 25.0. The quantitative estimate of drug-likeness (QED) is 0.773. The Labute approximate surface area is 129 Å². The normalized spacial score (nSPS) is 23.0.